The Morgan fingerprint density at radius 2 is 1.88 bits per heavy atom. The molecule has 3 atom stereocenters. The van der Waals surface area contributed by atoms with Gasteiger partial charge in [-0.3, -0.25) is 4.79 Å². The van der Waals surface area contributed by atoms with Crippen molar-refractivity contribution in [3.8, 4) is 0 Å². The molecule has 0 bridgehead atoms. The topological polar surface area (TPSA) is 37.3 Å². The van der Waals surface area contributed by atoms with Crippen LogP contribution in [0.5, 0.6) is 0 Å². The van der Waals surface area contributed by atoms with E-state index in [1.165, 1.54) is 6.42 Å². The third-order valence-corrected chi connectivity index (χ3v) is 5.22. The minimum absolute atomic E-state index is 0.0534. The highest BCUT2D eigenvalue weighted by molar-refractivity contribution is 5.90. The number of carbonyl (C=O) groups excluding carboxylic acids is 1. The maximum atomic E-state index is 11.9. The second kappa shape index (κ2) is 3.32. The Morgan fingerprint density at radius 3 is 2.31 bits per heavy atom. The maximum absolute atomic E-state index is 11.9. The average molecular weight is 224 g/mol. The number of hydrogen-bond acceptors (Lipinski definition) is 2. The van der Waals surface area contributed by atoms with Crippen molar-refractivity contribution in [2.75, 3.05) is 0 Å². The van der Waals surface area contributed by atoms with Gasteiger partial charge in [-0.15, -0.1) is 0 Å². The molecule has 3 unspecified atom stereocenters. The lowest BCUT2D eigenvalue weighted by atomic mass is 9.55. The van der Waals surface area contributed by atoms with Crippen LogP contribution in [-0.4, -0.2) is 16.5 Å². The fourth-order valence-corrected chi connectivity index (χ4v) is 4.18. The molecule has 2 nitrogen and oxygen atoms in total. The van der Waals surface area contributed by atoms with E-state index in [1.54, 1.807) is 6.92 Å². The van der Waals surface area contributed by atoms with Crippen LogP contribution in [0.4, 0.5) is 0 Å². The van der Waals surface area contributed by atoms with Gasteiger partial charge in [-0.25, -0.2) is 0 Å². The van der Waals surface area contributed by atoms with Gasteiger partial charge in [0.25, 0.3) is 0 Å². The lowest BCUT2D eigenvalue weighted by molar-refractivity contribution is -0.149. The number of hydrogen-bond donors (Lipinski definition) is 1. The molecule has 0 aromatic heterocycles. The zero-order chi connectivity index (χ0) is 12.2. The van der Waals surface area contributed by atoms with Crippen LogP contribution in [0.25, 0.3) is 0 Å². The van der Waals surface area contributed by atoms with E-state index in [1.807, 2.05) is 0 Å². The Bertz CT molecular complexity index is 317. The molecule has 2 rings (SSSR count). The smallest absolute Gasteiger partial charge is 0.164 e. The molecule has 2 aliphatic rings. The predicted molar refractivity (Wildman–Crippen MR) is 64.1 cm³/mol. The van der Waals surface area contributed by atoms with Crippen molar-refractivity contribution >= 4 is 5.78 Å². The number of carbonyl (C=O) groups is 1. The first-order valence-electron chi connectivity index (χ1n) is 6.47. The number of aliphatic hydroxyl groups is 1. The second-order valence-electron chi connectivity index (χ2n) is 6.95. The van der Waals surface area contributed by atoms with Gasteiger partial charge < -0.3 is 5.11 Å². The Balaban J connectivity index is 2.39. The summed E-state index contributed by atoms with van der Waals surface area (Å²) in [6.07, 6.45) is 4.91. The monoisotopic (exact) mass is 224 g/mol. The van der Waals surface area contributed by atoms with E-state index in [0.29, 0.717) is 12.3 Å². The highest BCUT2D eigenvalue weighted by Crippen LogP contribution is 2.60. The Kier molecular flexibility index (Phi) is 2.51. The van der Waals surface area contributed by atoms with Crippen molar-refractivity contribution in [2.45, 2.75) is 65.4 Å². The van der Waals surface area contributed by atoms with Crippen LogP contribution in [0.1, 0.15) is 59.8 Å². The highest BCUT2D eigenvalue weighted by Gasteiger charge is 2.62. The predicted octanol–water partition coefficient (Wildman–Crippen LogP) is 2.93. The molecule has 1 spiro atoms. The molecule has 1 N–H and O–H groups in total. The fraction of sp³-hybridized carbons (Fsp3) is 0.929. The van der Waals surface area contributed by atoms with Crippen LogP contribution >= 0.6 is 0 Å². The molecular formula is C14H24O2. The van der Waals surface area contributed by atoms with Crippen LogP contribution in [0, 0.1) is 16.7 Å². The van der Waals surface area contributed by atoms with Gasteiger partial charge in [0.05, 0.1) is 0 Å². The van der Waals surface area contributed by atoms with Crippen LogP contribution in [0.2, 0.25) is 0 Å². The first kappa shape index (κ1) is 12.1. The van der Waals surface area contributed by atoms with E-state index in [2.05, 4.69) is 20.8 Å². The summed E-state index contributed by atoms with van der Waals surface area (Å²) in [5, 5.41) is 10.6. The molecule has 16 heavy (non-hydrogen) atoms. The van der Waals surface area contributed by atoms with Crippen LogP contribution in [-0.2, 0) is 4.79 Å². The minimum Gasteiger partial charge on any atom is -0.382 e. The SMILES string of the molecule is CC1CC(=O)C(C)(O)C12CCCC(C)(C)C2. The lowest BCUT2D eigenvalue weighted by Crippen LogP contribution is -2.51. The highest BCUT2D eigenvalue weighted by atomic mass is 16.3. The van der Waals surface area contributed by atoms with Crippen molar-refractivity contribution in [1.29, 1.82) is 0 Å². The van der Waals surface area contributed by atoms with Crippen molar-refractivity contribution in [3.05, 3.63) is 0 Å². The zero-order valence-corrected chi connectivity index (χ0v) is 11.0. The second-order valence-corrected chi connectivity index (χ2v) is 6.95. The lowest BCUT2D eigenvalue weighted by Gasteiger charge is -2.50. The first-order valence-corrected chi connectivity index (χ1v) is 6.47. The molecule has 0 saturated heterocycles. The van der Waals surface area contributed by atoms with E-state index in [9.17, 15) is 9.90 Å². The number of ketones is 1. The molecular weight excluding hydrogens is 200 g/mol. The van der Waals surface area contributed by atoms with Crippen molar-refractivity contribution < 1.29 is 9.90 Å². The van der Waals surface area contributed by atoms with E-state index >= 15 is 0 Å². The quantitative estimate of drug-likeness (QED) is 0.687. The molecule has 0 aromatic carbocycles. The summed E-state index contributed by atoms with van der Waals surface area (Å²) in [5.74, 6) is 0.382. The Hall–Kier alpha value is -0.370. The molecule has 2 fully saturated rings. The van der Waals surface area contributed by atoms with Crippen LogP contribution in [0.3, 0.4) is 0 Å². The van der Waals surface area contributed by atoms with Gasteiger partial charge in [0.1, 0.15) is 5.60 Å². The van der Waals surface area contributed by atoms with E-state index in [0.717, 1.165) is 19.3 Å². The molecule has 2 heteroatoms. The molecule has 2 saturated carbocycles. The molecule has 92 valence electrons. The van der Waals surface area contributed by atoms with E-state index < -0.39 is 5.60 Å². The van der Waals surface area contributed by atoms with Crippen LogP contribution in [0.15, 0.2) is 0 Å². The molecule has 2 aliphatic carbocycles. The average Bonchev–Trinajstić information content (AvgIpc) is 2.27. The van der Waals surface area contributed by atoms with Gasteiger partial charge >= 0.3 is 0 Å². The van der Waals surface area contributed by atoms with Gasteiger partial charge in [-0.1, -0.05) is 27.2 Å². The van der Waals surface area contributed by atoms with E-state index in [-0.39, 0.29) is 16.6 Å². The van der Waals surface area contributed by atoms with Crippen molar-refractivity contribution in [1.82, 2.24) is 0 Å². The van der Waals surface area contributed by atoms with Crippen molar-refractivity contribution in [3.63, 3.8) is 0 Å². The molecule has 0 radical (unpaired) electrons. The zero-order valence-electron chi connectivity index (χ0n) is 11.0. The van der Waals surface area contributed by atoms with Crippen molar-refractivity contribution in [2.24, 2.45) is 16.7 Å². The summed E-state index contributed by atoms with van der Waals surface area (Å²) in [7, 11) is 0. The summed E-state index contributed by atoms with van der Waals surface area (Å²) in [6, 6.07) is 0. The van der Waals surface area contributed by atoms with Crippen LogP contribution < -0.4 is 0 Å². The molecule has 0 amide bonds. The Labute approximate surface area is 98.4 Å². The third-order valence-electron chi connectivity index (χ3n) is 5.22. The normalized spacial score (nSPS) is 47.6. The van der Waals surface area contributed by atoms with E-state index in [4.69, 9.17) is 0 Å². The molecule has 0 heterocycles. The number of rotatable bonds is 0. The Morgan fingerprint density at radius 1 is 1.25 bits per heavy atom. The summed E-state index contributed by atoms with van der Waals surface area (Å²) in [6.45, 7) is 8.42. The summed E-state index contributed by atoms with van der Waals surface area (Å²) < 4.78 is 0. The maximum Gasteiger partial charge on any atom is 0.164 e. The summed E-state index contributed by atoms with van der Waals surface area (Å²) >= 11 is 0. The standard InChI is InChI=1S/C14H24O2/c1-10-8-11(15)13(4,16)14(10)7-5-6-12(2,3)9-14/h10,16H,5-9H2,1-4H3. The fourth-order valence-electron chi connectivity index (χ4n) is 4.18. The molecule has 0 aromatic rings. The molecule has 0 aliphatic heterocycles. The van der Waals surface area contributed by atoms with Gasteiger partial charge in [0.2, 0.25) is 0 Å². The largest absolute Gasteiger partial charge is 0.382 e. The first-order chi connectivity index (χ1) is 7.21. The minimum atomic E-state index is -1.09. The van der Waals surface area contributed by atoms with Gasteiger partial charge in [-0.05, 0) is 37.5 Å². The van der Waals surface area contributed by atoms with Gasteiger partial charge in [-0.2, -0.15) is 0 Å². The summed E-state index contributed by atoms with van der Waals surface area (Å²) in [5.41, 5.74) is -0.989. The summed E-state index contributed by atoms with van der Waals surface area (Å²) in [4.78, 5) is 11.9. The van der Waals surface area contributed by atoms with Gasteiger partial charge in [0, 0.05) is 11.8 Å². The van der Waals surface area contributed by atoms with Gasteiger partial charge in [0.15, 0.2) is 5.78 Å². The number of Topliss-reactive ketones (excluding diaryl/α,β-unsaturated/α-hetero) is 1. The third kappa shape index (κ3) is 1.46.